The second-order valence-electron chi connectivity index (χ2n) is 11.3. The van der Waals surface area contributed by atoms with Crippen LogP contribution in [0.4, 0.5) is 0 Å². The number of benzene rings is 3. The molecular weight excluding hydrogens is 476 g/mol. The summed E-state index contributed by atoms with van der Waals surface area (Å²) < 4.78 is 6.03. The molecule has 0 aliphatic carbocycles. The van der Waals surface area contributed by atoms with Crippen LogP contribution in [0.1, 0.15) is 87.5 Å². The molecule has 0 aromatic heterocycles. The van der Waals surface area contributed by atoms with Gasteiger partial charge in [-0.3, -0.25) is 9.80 Å². The molecule has 4 rings (SSSR count). The predicted octanol–water partition coefficient (Wildman–Crippen LogP) is 8.66. The zero-order chi connectivity index (χ0) is 27.1. The first kappa shape index (κ1) is 29.4. The van der Waals surface area contributed by atoms with E-state index in [4.69, 9.17) is 4.74 Å². The number of rotatable bonds is 16. The van der Waals surface area contributed by atoms with Crippen molar-refractivity contribution in [1.29, 1.82) is 0 Å². The number of aryl methyl sites for hydroxylation is 1. The minimum atomic E-state index is 0.617. The number of hydrogen-bond acceptors (Lipinski definition) is 3. The van der Waals surface area contributed by atoms with Crippen LogP contribution in [0.25, 0.3) is 0 Å². The molecule has 0 spiro atoms. The molecule has 3 aromatic carbocycles. The fourth-order valence-electron chi connectivity index (χ4n) is 5.73. The maximum atomic E-state index is 6.03. The number of nitrogens with zero attached hydrogens (tertiary/aromatic N) is 2. The summed E-state index contributed by atoms with van der Waals surface area (Å²) in [6.07, 6.45) is 11.8. The molecule has 1 aliphatic heterocycles. The second kappa shape index (κ2) is 16.5. The van der Waals surface area contributed by atoms with Gasteiger partial charge in [-0.2, -0.15) is 0 Å². The molecule has 1 aliphatic rings. The molecule has 0 saturated carbocycles. The zero-order valence-electron chi connectivity index (χ0n) is 24.5. The molecule has 0 N–H and O–H groups in total. The maximum absolute atomic E-state index is 6.03. The molecule has 0 radical (unpaired) electrons. The van der Waals surface area contributed by atoms with E-state index in [1.54, 1.807) is 0 Å². The highest BCUT2D eigenvalue weighted by molar-refractivity contribution is 5.28. The number of hydrogen-bond donors (Lipinski definition) is 0. The molecular formula is C36H50N2O. The van der Waals surface area contributed by atoms with E-state index in [2.05, 4.69) is 96.4 Å². The lowest BCUT2D eigenvalue weighted by Gasteiger charge is -2.39. The second-order valence-corrected chi connectivity index (χ2v) is 11.3. The summed E-state index contributed by atoms with van der Waals surface area (Å²) in [4.78, 5) is 5.44. The van der Waals surface area contributed by atoms with Gasteiger partial charge in [0.2, 0.25) is 0 Å². The monoisotopic (exact) mass is 526 g/mol. The standard InChI is InChI=1S/C36H50N2O/c1-3-5-6-7-8-12-25-38(29-33-19-21-36(22-20-33)39-30-34-13-10-9-11-14-34)35-23-26-37(27-24-35)28-32-17-15-31(4-2)16-18-32/h9-11,13-22,35H,3-8,12,23-30H2,1-2H3. The Hall–Kier alpha value is -2.62. The Morgan fingerprint density at radius 2 is 1.33 bits per heavy atom. The van der Waals surface area contributed by atoms with Crippen LogP contribution in [-0.2, 0) is 26.1 Å². The molecule has 0 unspecified atom stereocenters. The third kappa shape index (κ3) is 10.1. The lowest BCUT2D eigenvalue weighted by molar-refractivity contribution is 0.0972. The van der Waals surface area contributed by atoms with Gasteiger partial charge < -0.3 is 4.74 Å². The van der Waals surface area contributed by atoms with Gasteiger partial charge in [0.1, 0.15) is 12.4 Å². The average molecular weight is 527 g/mol. The minimum absolute atomic E-state index is 0.617. The Morgan fingerprint density at radius 3 is 2.03 bits per heavy atom. The highest BCUT2D eigenvalue weighted by Crippen LogP contribution is 2.23. The van der Waals surface area contributed by atoms with Gasteiger partial charge in [0.05, 0.1) is 0 Å². The van der Waals surface area contributed by atoms with E-state index < -0.39 is 0 Å². The predicted molar refractivity (Wildman–Crippen MR) is 165 cm³/mol. The number of piperidine rings is 1. The molecule has 3 heteroatoms. The van der Waals surface area contributed by atoms with Gasteiger partial charge in [0.25, 0.3) is 0 Å². The third-order valence-corrected chi connectivity index (χ3v) is 8.27. The molecule has 39 heavy (non-hydrogen) atoms. The summed E-state index contributed by atoms with van der Waals surface area (Å²) >= 11 is 0. The molecule has 3 aromatic rings. The third-order valence-electron chi connectivity index (χ3n) is 8.27. The minimum Gasteiger partial charge on any atom is -0.489 e. The molecule has 0 bridgehead atoms. The molecule has 1 heterocycles. The van der Waals surface area contributed by atoms with Crippen LogP contribution in [0, 0.1) is 0 Å². The normalized spacial score (nSPS) is 14.6. The van der Waals surface area contributed by atoms with Crippen LogP contribution in [-0.4, -0.2) is 35.5 Å². The lowest BCUT2D eigenvalue weighted by Crippen LogP contribution is -2.44. The molecule has 210 valence electrons. The summed E-state index contributed by atoms with van der Waals surface area (Å²) in [7, 11) is 0. The van der Waals surface area contributed by atoms with Crippen molar-refractivity contribution < 1.29 is 4.74 Å². The summed E-state index contributed by atoms with van der Waals surface area (Å²) in [5, 5.41) is 0. The van der Waals surface area contributed by atoms with Gasteiger partial charge >= 0.3 is 0 Å². The van der Waals surface area contributed by atoms with E-state index in [0.717, 1.165) is 25.3 Å². The van der Waals surface area contributed by atoms with Gasteiger partial charge in [-0.05, 0) is 79.7 Å². The van der Waals surface area contributed by atoms with Crippen molar-refractivity contribution in [3.63, 3.8) is 0 Å². The van der Waals surface area contributed by atoms with Gasteiger partial charge in [0, 0.05) is 19.1 Å². The SMILES string of the molecule is CCCCCCCCN(Cc1ccc(OCc2ccccc2)cc1)C1CCN(Cc2ccc(CC)cc2)CC1. The quantitative estimate of drug-likeness (QED) is 0.174. The van der Waals surface area contributed by atoms with Crippen LogP contribution < -0.4 is 4.74 Å². The first-order valence-electron chi connectivity index (χ1n) is 15.5. The lowest BCUT2D eigenvalue weighted by atomic mass is 10.0. The molecule has 1 fully saturated rings. The van der Waals surface area contributed by atoms with Crippen molar-refractivity contribution in [2.45, 2.75) is 97.4 Å². The summed E-state index contributed by atoms with van der Waals surface area (Å²) in [5.74, 6) is 0.949. The average Bonchev–Trinajstić information content (AvgIpc) is 2.99. The summed E-state index contributed by atoms with van der Waals surface area (Å²) in [5.41, 5.74) is 5.48. The molecule has 3 nitrogen and oxygen atoms in total. The molecule has 1 saturated heterocycles. The van der Waals surface area contributed by atoms with Crippen LogP contribution in [0.3, 0.4) is 0 Å². The van der Waals surface area contributed by atoms with E-state index in [1.165, 1.54) is 93.3 Å². The highest BCUT2D eigenvalue weighted by atomic mass is 16.5. The number of likely N-dealkylation sites (tertiary alicyclic amines) is 1. The topological polar surface area (TPSA) is 15.7 Å². The zero-order valence-corrected chi connectivity index (χ0v) is 24.5. The first-order chi connectivity index (χ1) is 19.2. The fourth-order valence-corrected chi connectivity index (χ4v) is 5.73. The van der Waals surface area contributed by atoms with Crippen molar-refractivity contribution in [2.75, 3.05) is 19.6 Å². The Labute approximate surface area is 238 Å². The van der Waals surface area contributed by atoms with E-state index in [-0.39, 0.29) is 0 Å². The molecule has 0 atom stereocenters. The van der Waals surface area contributed by atoms with Gasteiger partial charge in [-0.25, -0.2) is 0 Å². The van der Waals surface area contributed by atoms with E-state index in [0.29, 0.717) is 12.6 Å². The van der Waals surface area contributed by atoms with E-state index in [1.807, 2.05) is 6.07 Å². The van der Waals surface area contributed by atoms with Crippen LogP contribution in [0.15, 0.2) is 78.9 Å². The summed E-state index contributed by atoms with van der Waals surface area (Å²) in [6.45, 7) is 10.9. The van der Waals surface area contributed by atoms with Crippen LogP contribution in [0.2, 0.25) is 0 Å². The van der Waals surface area contributed by atoms with Gasteiger partial charge in [-0.1, -0.05) is 113 Å². The largest absolute Gasteiger partial charge is 0.489 e. The number of ether oxygens (including phenoxy) is 1. The smallest absolute Gasteiger partial charge is 0.119 e. The van der Waals surface area contributed by atoms with E-state index >= 15 is 0 Å². The van der Waals surface area contributed by atoms with Gasteiger partial charge in [-0.15, -0.1) is 0 Å². The maximum Gasteiger partial charge on any atom is 0.119 e. The van der Waals surface area contributed by atoms with Crippen LogP contribution >= 0.6 is 0 Å². The van der Waals surface area contributed by atoms with Gasteiger partial charge in [0.15, 0.2) is 0 Å². The Morgan fingerprint density at radius 1 is 0.692 bits per heavy atom. The van der Waals surface area contributed by atoms with Crippen molar-refractivity contribution >= 4 is 0 Å². The van der Waals surface area contributed by atoms with Crippen molar-refractivity contribution in [1.82, 2.24) is 9.80 Å². The Kier molecular flexibility index (Phi) is 12.4. The van der Waals surface area contributed by atoms with Crippen molar-refractivity contribution in [3.8, 4) is 5.75 Å². The number of unbranched alkanes of at least 4 members (excludes halogenated alkanes) is 5. The Balaban J connectivity index is 1.29. The fraction of sp³-hybridized carbons (Fsp3) is 0.500. The molecule has 0 amide bonds. The van der Waals surface area contributed by atoms with Crippen molar-refractivity contribution in [2.24, 2.45) is 0 Å². The first-order valence-corrected chi connectivity index (χ1v) is 15.5. The Bertz CT molecular complexity index is 1040. The van der Waals surface area contributed by atoms with E-state index in [9.17, 15) is 0 Å². The van der Waals surface area contributed by atoms with Crippen LogP contribution in [0.5, 0.6) is 5.75 Å². The van der Waals surface area contributed by atoms with Crippen molar-refractivity contribution in [3.05, 3.63) is 101 Å². The summed E-state index contributed by atoms with van der Waals surface area (Å²) in [6, 6.07) is 29.1. The highest BCUT2D eigenvalue weighted by Gasteiger charge is 2.24.